The summed E-state index contributed by atoms with van der Waals surface area (Å²) >= 11 is 9.45. The maximum Gasteiger partial charge on any atom is 0.0907 e. The molecule has 5 heteroatoms. The van der Waals surface area contributed by atoms with Gasteiger partial charge in [-0.15, -0.1) is 0 Å². The summed E-state index contributed by atoms with van der Waals surface area (Å²) in [7, 11) is 0. The van der Waals surface area contributed by atoms with E-state index in [1.807, 2.05) is 36.4 Å². The standard InChI is InChI=1S/C15H11BrClN3/c16-13-7-11(17)2-1-10(13)9-20-12-3-4-14-15(8-12)19-6-5-18-14/h1-8,20H,9H2. The molecule has 0 atom stereocenters. The van der Waals surface area contributed by atoms with E-state index in [2.05, 4.69) is 31.2 Å². The van der Waals surface area contributed by atoms with Gasteiger partial charge in [-0.25, -0.2) is 0 Å². The van der Waals surface area contributed by atoms with Crippen LogP contribution in [0.1, 0.15) is 5.56 Å². The smallest absolute Gasteiger partial charge is 0.0907 e. The van der Waals surface area contributed by atoms with E-state index in [1.165, 1.54) is 0 Å². The lowest BCUT2D eigenvalue weighted by Gasteiger charge is -2.09. The molecule has 1 N–H and O–H groups in total. The normalized spacial score (nSPS) is 10.7. The van der Waals surface area contributed by atoms with Gasteiger partial charge < -0.3 is 5.32 Å². The first-order chi connectivity index (χ1) is 9.72. The fourth-order valence-corrected chi connectivity index (χ4v) is 2.76. The molecule has 0 amide bonds. The van der Waals surface area contributed by atoms with Crippen molar-refractivity contribution in [2.24, 2.45) is 0 Å². The third kappa shape index (κ3) is 2.92. The van der Waals surface area contributed by atoms with Gasteiger partial charge in [-0.1, -0.05) is 33.6 Å². The first kappa shape index (κ1) is 13.3. The number of rotatable bonds is 3. The molecule has 0 aliphatic rings. The Morgan fingerprint density at radius 3 is 2.60 bits per heavy atom. The van der Waals surface area contributed by atoms with Crippen LogP contribution in [0.4, 0.5) is 5.69 Å². The van der Waals surface area contributed by atoms with Gasteiger partial charge in [0.2, 0.25) is 0 Å². The lowest BCUT2D eigenvalue weighted by atomic mass is 10.2. The van der Waals surface area contributed by atoms with Crippen LogP contribution >= 0.6 is 27.5 Å². The molecule has 3 rings (SSSR count). The van der Waals surface area contributed by atoms with Crippen LogP contribution in [0.2, 0.25) is 5.02 Å². The van der Waals surface area contributed by atoms with E-state index in [-0.39, 0.29) is 0 Å². The quantitative estimate of drug-likeness (QED) is 0.748. The minimum Gasteiger partial charge on any atom is -0.381 e. The lowest BCUT2D eigenvalue weighted by Crippen LogP contribution is -2.00. The predicted octanol–water partition coefficient (Wildman–Crippen LogP) is 4.66. The van der Waals surface area contributed by atoms with Crippen LogP contribution in [0.3, 0.4) is 0 Å². The van der Waals surface area contributed by atoms with Gasteiger partial charge in [-0.05, 0) is 35.9 Å². The minimum atomic E-state index is 0.712. The molecule has 0 aliphatic heterocycles. The van der Waals surface area contributed by atoms with E-state index in [4.69, 9.17) is 11.6 Å². The molecular weight excluding hydrogens is 338 g/mol. The molecule has 100 valence electrons. The van der Waals surface area contributed by atoms with Crippen molar-refractivity contribution >= 4 is 44.3 Å². The van der Waals surface area contributed by atoms with Crippen LogP contribution < -0.4 is 5.32 Å². The van der Waals surface area contributed by atoms with E-state index < -0.39 is 0 Å². The summed E-state index contributed by atoms with van der Waals surface area (Å²) in [6.45, 7) is 0.712. The van der Waals surface area contributed by atoms with Crippen LogP contribution in [0.25, 0.3) is 11.0 Å². The molecule has 1 aromatic heterocycles. The van der Waals surface area contributed by atoms with Gasteiger partial charge in [0.15, 0.2) is 0 Å². The van der Waals surface area contributed by atoms with E-state index in [0.29, 0.717) is 6.54 Å². The maximum atomic E-state index is 5.93. The molecule has 0 radical (unpaired) electrons. The molecule has 0 saturated heterocycles. The van der Waals surface area contributed by atoms with Gasteiger partial charge in [0.05, 0.1) is 11.0 Å². The summed E-state index contributed by atoms with van der Waals surface area (Å²) < 4.78 is 0.998. The first-order valence-corrected chi connectivity index (χ1v) is 7.28. The predicted molar refractivity (Wildman–Crippen MR) is 86.0 cm³/mol. The first-order valence-electron chi connectivity index (χ1n) is 6.11. The van der Waals surface area contributed by atoms with E-state index in [1.54, 1.807) is 12.4 Å². The summed E-state index contributed by atoms with van der Waals surface area (Å²) in [4.78, 5) is 8.55. The summed E-state index contributed by atoms with van der Waals surface area (Å²) in [6.07, 6.45) is 3.39. The zero-order valence-electron chi connectivity index (χ0n) is 10.5. The van der Waals surface area contributed by atoms with Gasteiger partial charge in [0.25, 0.3) is 0 Å². The van der Waals surface area contributed by atoms with Crippen LogP contribution in [0.5, 0.6) is 0 Å². The lowest BCUT2D eigenvalue weighted by molar-refractivity contribution is 1.14. The number of halogens is 2. The molecule has 1 heterocycles. The average molecular weight is 349 g/mol. The van der Waals surface area contributed by atoms with Crippen molar-refractivity contribution in [3.63, 3.8) is 0 Å². The van der Waals surface area contributed by atoms with Gasteiger partial charge in [-0.2, -0.15) is 0 Å². The molecule has 3 nitrogen and oxygen atoms in total. The highest BCUT2D eigenvalue weighted by molar-refractivity contribution is 9.10. The Labute approximate surface area is 130 Å². The van der Waals surface area contributed by atoms with Gasteiger partial charge in [0, 0.05) is 34.1 Å². The van der Waals surface area contributed by atoms with Crippen molar-refractivity contribution in [3.05, 3.63) is 63.9 Å². The zero-order valence-corrected chi connectivity index (χ0v) is 12.8. The van der Waals surface area contributed by atoms with Gasteiger partial charge >= 0.3 is 0 Å². The SMILES string of the molecule is Clc1ccc(CNc2ccc3nccnc3c2)c(Br)c1. The Hall–Kier alpha value is -1.65. The second-order valence-corrected chi connectivity index (χ2v) is 5.64. The average Bonchev–Trinajstić information content (AvgIpc) is 2.46. The molecule has 3 aromatic rings. The number of benzene rings is 2. The van der Waals surface area contributed by atoms with E-state index >= 15 is 0 Å². The molecule has 0 saturated carbocycles. The van der Waals surface area contributed by atoms with Gasteiger partial charge in [0.1, 0.15) is 0 Å². The number of aromatic nitrogens is 2. The van der Waals surface area contributed by atoms with Crippen molar-refractivity contribution in [2.45, 2.75) is 6.54 Å². The largest absolute Gasteiger partial charge is 0.381 e. The molecule has 20 heavy (non-hydrogen) atoms. The van der Waals surface area contributed by atoms with Crippen LogP contribution in [-0.4, -0.2) is 9.97 Å². The summed E-state index contributed by atoms with van der Waals surface area (Å²) in [5.74, 6) is 0. The summed E-state index contributed by atoms with van der Waals surface area (Å²) in [6, 6.07) is 11.7. The highest BCUT2D eigenvalue weighted by Crippen LogP contribution is 2.23. The number of anilines is 1. The van der Waals surface area contributed by atoms with E-state index in [9.17, 15) is 0 Å². The molecule has 0 bridgehead atoms. The Morgan fingerprint density at radius 1 is 1.00 bits per heavy atom. The Balaban J connectivity index is 1.79. The van der Waals surface area contributed by atoms with Crippen molar-refractivity contribution in [3.8, 4) is 0 Å². The fraction of sp³-hybridized carbons (Fsp3) is 0.0667. The minimum absolute atomic E-state index is 0.712. The van der Waals surface area contributed by atoms with Crippen LogP contribution in [0, 0.1) is 0 Å². The molecule has 2 aromatic carbocycles. The highest BCUT2D eigenvalue weighted by Gasteiger charge is 2.02. The molecule has 0 unspecified atom stereocenters. The van der Waals surface area contributed by atoms with Crippen molar-refractivity contribution in [1.82, 2.24) is 9.97 Å². The Bertz CT molecular complexity index is 761. The number of fused-ring (bicyclic) bond motifs is 1. The second kappa shape index (κ2) is 5.77. The molecule has 0 fully saturated rings. The molecule has 0 aliphatic carbocycles. The monoisotopic (exact) mass is 347 g/mol. The number of hydrogen-bond donors (Lipinski definition) is 1. The number of nitrogens with one attached hydrogen (secondary N) is 1. The molecule has 0 spiro atoms. The summed E-state index contributed by atoms with van der Waals surface area (Å²) in [5, 5.41) is 4.10. The van der Waals surface area contributed by atoms with Crippen LogP contribution in [0.15, 0.2) is 53.3 Å². The maximum absolute atomic E-state index is 5.93. The van der Waals surface area contributed by atoms with Crippen molar-refractivity contribution in [1.29, 1.82) is 0 Å². The second-order valence-electron chi connectivity index (χ2n) is 4.35. The Morgan fingerprint density at radius 2 is 1.80 bits per heavy atom. The van der Waals surface area contributed by atoms with E-state index in [0.717, 1.165) is 31.8 Å². The van der Waals surface area contributed by atoms with Crippen molar-refractivity contribution < 1.29 is 0 Å². The third-order valence-electron chi connectivity index (χ3n) is 2.97. The summed E-state index contributed by atoms with van der Waals surface area (Å²) in [5.41, 5.74) is 3.94. The Kier molecular flexibility index (Phi) is 3.85. The van der Waals surface area contributed by atoms with Crippen LogP contribution in [-0.2, 0) is 6.54 Å². The van der Waals surface area contributed by atoms with Crippen molar-refractivity contribution in [2.75, 3.05) is 5.32 Å². The third-order valence-corrected chi connectivity index (χ3v) is 3.94. The highest BCUT2D eigenvalue weighted by atomic mass is 79.9. The molecular formula is C15H11BrClN3. The zero-order chi connectivity index (χ0) is 13.9. The topological polar surface area (TPSA) is 37.8 Å². The van der Waals surface area contributed by atoms with Gasteiger partial charge in [-0.3, -0.25) is 9.97 Å². The fourth-order valence-electron chi connectivity index (χ4n) is 1.94. The number of nitrogens with zero attached hydrogens (tertiary/aromatic N) is 2. The number of hydrogen-bond acceptors (Lipinski definition) is 3.